The molecule has 112 valence electrons. The van der Waals surface area contributed by atoms with E-state index in [1.807, 2.05) is 13.2 Å². The van der Waals surface area contributed by atoms with Crippen LogP contribution in [0.15, 0.2) is 24.4 Å². The summed E-state index contributed by atoms with van der Waals surface area (Å²) in [5.41, 5.74) is 2.79. The van der Waals surface area contributed by atoms with Gasteiger partial charge in [-0.2, -0.15) is 5.10 Å². The van der Waals surface area contributed by atoms with Crippen LogP contribution >= 0.6 is 11.6 Å². The standard InChI is InChI=1S/C14H17ClN4O2/c1-9(2)14-10(8-18(3)17-14)7-16-11-4-5-13(19(20)21)12(15)6-11/h4-6,8-9,16H,7H2,1-3H3. The number of nitro groups is 1. The predicted molar refractivity (Wildman–Crippen MR) is 82.7 cm³/mol. The molecule has 6 nitrogen and oxygen atoms in total. The number of nitrogens with one attached hydrogen (secondary N) is 1. The second-order valence-corrected chi connectivity index (χ2v) is 5.55. The van der Waals surface area contributed by atoms with E-state index in [1.54, 1.807) is 16.8 Å². The van der Waals surface area contributed by atoms with Crippen LogP contribution in [0.1, 0.15) is 31.0 Å². The van der Waals surface area contributed by atoms with Crippen molar-refractivity contribution in [2.45, 2.75) is 26.3 Å². The van der Waals surface area contributed by atoms with Gasteiger partial charge in [-0.1, -0.05) is 25.4 Å². The van der Waals surface area contributed by atoms with Gasteiger partial charge in [0.25, 0.3) is 5.69 Å². The molecule has 2 aromatic rings. The predicted octanol–water partition coefficient (Wildman–Crippen LogP) is 3.72. The van der Waals surface area contributed by atoms with Crippen LogP contribution in [-0.4, -0.2) is 14.7 Å². The molecule has 1 heterocycles. The minimum absolute atomic E-state index is 0.0912. The maximum atomic E-state index is 10.7. The van der Waals surface area contributed by atoms with Gasteiger partial charge in [-0.05, 0) is 18.1 Å². The first kappa shape index (κ1) is 15.3. The van der Waals surface area contributed by atoms with Crippen LogP contribution in [0, 0.1) is 10.1 Å². The summed E-state index contributed by atoms with van der Waals surface area (Å²) in [5, 5.41) is 18.5. The topological polar surface area (TPSA) is 73.0 Å². The molecule has 0 amide bonds. The Morgan fingerprint density at radius 3 is 2.76 bits per heavy atom. The molecular formula is C14H17ClN4O2. The Morgan fingerprint density at radius 2 is 2.19 bits per heavy atom. The van der Waals surface area contributed by atoms with Crippen LogP contribution in [-0.2, 0) is 13.6 Å². The molecular weight excluding hydrogens is 292 g/mol. The van der Waals surface area contributed by atoms with E-state index in [1.165, 1.54) is 6.07 Å². The molecule has 0 bridgehead atoms. The summed E-state index contributed by atoms with van der Waals surface area (Å²) in [7, 11) is 1.89. The molecule has 0 aliphatic rings. The number of aryl methyl sites for hydroxylation is 1. The lowest BCUT2D eigenvalue weighted by Crippen LogP contribution is -2.03. The fraction of sp³-hybridized carbons (Fsp3) is 0.357. The van der Waals surface area contributed by atoms with Gasteiger partial charge in [0.2, 0.25) is 0 Å². The van der Waals surface area contributed by atoms with Gasteiger partial charge in [0.1, 0.15) is 5.02 Å². The van der Waals surface area contributed by atoms with Crippen LogP contribution < -0.4 is 5.32 Å². The van der Waals surface area contributed by atoms with Crippen molar-refractivity contribution in [2.24, 2.45) is 7.05 Å². The number of anilines is 1. The molecule has 1 N–H and O–H groups in total. The molecule has 0 spiro atoms. The zero-order valence-corrected chi connectivity index (χ0v) is 12.9. The minimum Gasteiger partial charge on any atom is -0.381 e. The van der Waals surface area contributed by atoms with Crippen molar-refractivity contribution in [3.05, 3.63) is 50.8 Å². The molecule has 0 aliphatic heterocycles. The van der Waals surface area contributed by atoms with Crippen molar-refractivity contribution in [1.29, 1.82) is 0 Å². The summed E-state index contributed by atoms with van der Waals surface area (Å²) in [6.45, 7) is 4.78. The van der Waals surface area contributed by atoms with Crippen molar-refractivity contribution in [3.8, 4) is 0 Å². The molecule has 0 unspecified atom stereocenters. The van der Waals surface area contributed by atoms with Gasteiger partial charge in [-0.3, -0.25) is 14.8 Å². The van der Waals surface area contributed by atoms with Crippen LogP contribution in [0.2, 0.25) is 5.02 Å². The van der Waals surface area contributed by atoms with Crippen molar-refractivity contribution in [1.82, 2.24) is 9.78 Å². The number of benzene rings is 1. The Hall–Kier alpha value is -2.08. The van der Waals surface area contributed by atoms with E-state index >= 15 is 0 Å². The summed E-state index contributed by atoms with van der Waals surface area (Å²) in [5.74, 6) is 0.337. The molecule has 0 saturated heterocycles. The van der Waals surface area contributed by atoms with Crippen LogP contribution in [0.4, 0.5) is 11.4 Å². The molecule has 7 heteroatoms. The normalized spacial score (nSPS) is 10.9. The Bertz CT molecular complexity index is 667. The third kappa shape index (κ3) is 3.52. The second-order valence-electron chi connectivity index (χ2n) is 5.14. The summed E-state index contributed by atoms with van der Waals surface area (Å²) < 4.78 is 1.79. The highest BCUT2D eigenvalue weighted by Crippen LogP contribution is 2.27. The quantitative estimate of drug-likeness (QED) is 0.675. The molecule has 0 radical (unpaired) electrons. The van der Waals surface area contributed by atoms with Gasteiger partial charge in [-0.15, -0.1) is 0 Å². The first-order valence-corrected chi connectivity index (χ1v) is 6.96. The number of nitrogens with zero attached hydrogens (tertiary/aromatic N) is 3. The number of hydrogen-bond donors (Lipinski definition) is 1. The van der Waals surface area contributed by atoms with E-state index in [4.69, 9.17) is 11.6 Å². The molecule has 0 saturated carbocycles. The summed E-state index contributed by atoms with van der Waals surface area (Å²) in [6.07, 6.45) is 1.97. The summed E-state index contributed by atoms with van der Waals surface area (Å²) >= 11 is 5.89. The molecule has 0 aliphatic carbocycles. The van der Waals surface area contributed by atoms with E-state index in [0.29, 0.717) is 12.5 Å². The number of aromatic nitrogens is 2. The first-order chi connectivity index (χ1) is 9.88. The number of rotatable bonds is 5. The van der Waals surface area contributed by atoms with Gasteiger partial charge in [-0.25, -0.2) is 0 Å². The average molecular weight is 309 g/mol. The zero-order chi connectivity index (χ0) is 15.6. The molecule has 0 atom stereocenters. The Labute approximate surface area is 127 Å². The summed E-state index contributed by atoms with van der Waals surface area (Å²) in [6, 6.07) is 4.61. The zero-order valence-electron chi connectivity index (χ0n) is 12.1. The number of halogens is 1. The Morgan fingerprint density at radius 1 is 1.48 bits per heavy atom. The molecule has 0 fully saturated rings. The van der Waals surface area contributed by atoms with E-state index < -0.39 is 4.92 Å². The van der Waals surface area contributed by atoms with Gasteiger partial charge in [0.15, 0.2) is 0 Å². The fourth-order valence-electron chi connectivity index (χ4n) is 2.14. The van der Waals surface area contributed by atoms with E-state index in [0.717, 1.165) is 16.9 Å². The van der Waals surface area contributed by atoms with Crippen molar-refractivity contribution >= 4 is 23.0 Å². The van der Waals surface area contributed by atoms with Gasteiger partial charge in [0, 0.05) is 37.1 Å². The smallest absolute Gasteiger partial charge is 0.288 e. The Balaban J connectivity index is 2.13. The molecule has 1 aromatic heterocycles. The fourth-order valence-corrected chi connectivity index (χ4v) is 2.39. The van der Waals surface area contributed by atoms with Gasteiger partial charge < -0.3 is 5.32 Å². The highest BCUT2D eigenvalue weighted by atomic mass is 35.5. The van der Waals surface area contributed by atoms with Crippen LogP contribution in [0.3, 0.4) is 0 Å². The lowest BCUT2D eigenvalue weighted by molar-refractivity contribution is -0.384. The van der Waals surface area contributed by atoms with Gasteiger partial charge >= 0.3 is 0 Å². The maximum Gasteiger partial charge on any atom is 0.288 e. The van der Waals surface area contributed by atoms with E-state index in [2.05, 4.69) is 24.3 Å². The van der Waals surface area contributed by atoms with Crippen molar-refractivity contribution in [2.75, 3.05) is 5.32 Å². The van der Waals surface area contributed by atoms with Gasteiger partial charge in [0.05, 0.1) is 10.6 Å². The third-order valence-electron chi connectivity index (χ3n) is 3.11. The van der Waals surface area contributed by atoms with E-state index in [9.17, 15) is 10.1 Å². The SMILES string of the molecule is CC(C)c1nn(C)cc1CNc1ccc([N+](=O)[O-])c(Cl)c1. The molecule has 21 heavy (non-hydrogen) atoms. The largest absolute Gasteiger partial charge is 0.381 e. The average Bonchev–Trinajstić information content (AvgIpc) is 2.77. The van der Waals surface area contributed by atoms with Crippen molar-refractivity contribution in [3.63, 3.8) is 0 Å². The lowest BCUT2D eigenvalue weighted by Gasteiger charge is -2.08. The second kappa shape index (κ2) is 6.13. The molecule has 1 aromatic carbocycles. The number of hydrogen-bond acceptors (Lipinski definition) is 4. The van der Waals surface area contributed by atoms with Crippen LogP contribution in [0.25, 0.3) is 0 Å². The Kier molecular flexibility index (Phi) is 4.47. The highest BCUT2D eigenvalue weighted by Gasteiger charge is 2.13. The number of nitro benzene ring substituents is 1. The van der Waals surface area contributed by atoms with E-state index in [-0.39, 0.29) is 10.7 Å². The minimum atomic E-state index is -0.496. The maximum absolute atomic E-state index is 10.7. The lowest BCUT2D eigenvalue weighted by atomic mass is 10.1. The molecule has 2 rings (SSSR count). The third-order valence-corrected chi connectivity index (χ3v) is 3.41. The van der Waals surface area contributed by atoms with Crippen LogP contribution in [0.5, 0.6) is 0 Å². The highest BCUT2D eigenvalue weighted by molar-refractivity contribution is 6.32. The first-order valence-electron chi connectivity index (χ1n) is 6.58. The van der Waals surface area contributed by atoms with Crippen molar-refractivity contribution < 1.29 is 4.92 Å². The monoisotopic (exact) mass is 308 g/mol. The summed E-state index contributed by atoms with van der Waals surface area (Å²) in [4.78, 5) is 10.2.